The first-order valence-corrected chi connectivity index (χ1v) is 6.95. The second kappa shape index (κ2) is 7.13. The average Bonchev–Trinajstić information content (AvgIpc) is 2.90. The summed E-state index contributed by atoms with van der Waals surface area (Å²) >= 11 is 0. The maximum absolute atomic E-state index is 13.1. The van der Waals surface area contributed by atoms with E-state index in [0.717, 1.165) is 11.8 Å². The Morgan fingerprint density at radius 2 is 2.00 bits per heavy atom. The molecule has 0 unspecified atom stereocenters. The lowest BCUT2D eigenvalue weighted by molar-refractivity contribution is -0.130. The van der Waals surface area contributed by atoms with Crippen LogP contribution in [0.4, 0.5) is 13.2 Å². The molecule has 1 heterocycles. The molecule has 2 rings (SSSR count). The number of amides is 1. The van der Waals surface area contributed by atoms with Crippen LogP contribution in [0.25, 0.3) is 6.08 Å². The van der Waals surface area contributed by atoms with E-state index in [1.165, 1.54) is 12.1 Å². The Morgan fingerprint density at radius 3 is 2.57 bits per heavy atom. The van der Waals surface area contributed by atoms with E-state index in [1.807, 2.05) is 0 Å². The van der Waals surface area contributed by atoms with Crippen LogP contribution in [-0.4, -0.2) is 28.2 Å². The van der Waals surface area contributed by atoms with Crippen molar-refractivity contribution in [3.05, 3.63) is 59.7 Å². The molecule has 4 nitrogen and oxygen atoms in total. The molecule has 0 bridgehead atoms. The minimum atomic E-state index is -4.72. The van der Waals surface area contributed by atoms with Crippen LogP contribution in [0.2, 0.25) is 0 Å². The van der Waals surface area contributed by atoms with Crippen LogP contribution in [0.1, 0.15) is 11.3 Å². The van der Waals surface area contributed by atoms with Gasteiger partial charge in [-0.1, -0.05) is 30.3 Å². The van der Waals surface area contributed by atoms with E-state index in [-0.39, 0.29) is 6.54 Å². The van der Waals surface area contributed by atoms with E-state index in [1.54, 1.807) is 42.3 Å². The molecule has 0 saturated carbocycles. The Kier molecular flexibility index (Phi) is 5.20. The van der Waals surface area contributed by atoms with E-state index < -0.39 is 17.7 Å². The number of alkyl halides is 3. The van der Waals surface area contributed by atoms with Gasteiger partial charge in [0.25, 0.3) is 5.91 Å². The fourth-order valence-electron chi connectivity index (χ4n) is 2.02. The molecule has 0 saturated heterocycles. The highest BCUT2D eigenvalue weighted by Gasteiger charge is 2.38. The standard InChI is InChI=1S/C16H16F3N3O/c1-22-11-20-10-13(22)7-8-21-15(23)14(16(17,18)19)9-12-5-3-2-4-6-12/h2-6,9-11H,7-8H2,1H3,(H,21,23)/b14-9-. The third-order valence-electron chi connectivity index (χ3n) is 3.24. The Morgan fingerprint density at radius 1 is 1.30 bits per heavy atom. The molecule has 0 atom stereocenters. The normalized spacial score (nSPS) is 12.3. The van der Waals surface area contributed by atoms with Gasteiger partial charge in [0.1, 0.15) is 5.57 Å². The summed E-state index contributed by atoms with van der Waals surface area (Å²) in [6.07, 6.45) is -0.269. The van der Waals surface area contributed by atoms with Gasteiger partial charge in [-0.3, -0.25) is 4.79 Å². The summed E-state index contributed by atoms with van der Waals surface area (Å²) in [5.74, 6) is -1.14. The molecule has 0 aliphatic rings. The first-order valence-electron chi connectivity index (χ1n) is 6.95. The fourth-order valence-corrected chi connectivity index (χ4v) is 2.02. The SMILES string of the molecule is Cn1cncc1CCNC(=O)/C(=C/c1ccccc1)C(F)(F)F. The number of halogens is 3. The van der Waals surface area contributed by atoms with Gasteiger partial charge in [-0.25, -0.2) is 4.98 Å². The second-order valence-electron chi connectivity index (χ2n) is 4.97. The fraction of sp³-hybridized carbons (Fsp3) is 0.250. The summed E-state index contributed by atoms with van der Waals surface area (Å²) in [5.41, 5.74) is -0.0683. The summed E-state index contributed by atoms with van der Waals surface area (Å²) in [7, 11) is 1.78. The molecule has 122 valence electrons. The van der Waals surface area contributed by atoms with Crippen molar-refractivity contribution < 1.29 is 18.0 Å². The largest absolute Gasteiger partial charge is 0.421 e. The van der Waals surface area contributed by atoms with Crippen molar-refractivity contribution in [3.63, 3.8) is 0 Å². The Balaban J connectivity index is 2.06. The average molecular weight is 323 g/mol. The molecule has 23 heavy (non-hydrogen) atoms. The van der Waals surface area contributed by atoms with Crippen LogP contribution in [-0.2, 0) is 18.3 Å². The lowest BCUT2D eigenvalue weighted by Crippen LogP contribution is -2.33. The maximum atomic E-state index is 13.1. The predicted molar refractivity (Wildman–Crippen MR) is 80.4 cm³/mol. The number of nitrogens with one attached hydrogen (secondary N) is 1. The zero-order chi connectivity index (χ0) is 16.9. The van der Waals surface area contributed by atoms with Crippen LogP contribution in [0.5, 0.6) is 0 Å². The molecule has 0 radical (unpaired) electrons. The van der Waals surface area contributed by atoms with Crippen molar-refractivity contribution in [2.45, 2.75) is 12.6 Å². The minimum Gasteiger partial charge on any atom is -0.352 e. The number of hydrogen-bond acceptors (Lipinski definition) is 2. The Bertz CT molecular complexity index is 690. The topological polar surface area (TPSA) is 46.9 Å². The third kappa shape index (κ3) is 4.70. The monoisotopic (exact) mass is 323 g/mol. The van der Waals surface area contributed by atoms with Crippen LogP contribution >= 0.6 is 0 Å². The first kappa shape index (κ1) is 16.8. The predicted octanol–water partition coefficient (Wildman–Crippen LogP) is 2.72. The summed E-state index contributed by atoms with van der Waals surface area (Å²) in [5, 5.41) is 2.31. The molecule has 1 amide bonds. The highest BCUT2D eigenvalue weighted by molar-refractivity contribution is 5.99. The van der Waals surface area contributed by atoms with Crippen LogP contribution in [0.15, 0.2) is 48.4 Å². The van der Waals surface area contributed by atoms with Gasteiger partial charge in [-0.2, -0.15) is 13.2 Å². The van der Waals surface area contributed by atoms with Gasteiger partial charge in [-0.15, -0.1) is 0 Å². The Hall–Kier alpha value is -2.57. The second-order valence-corrected chi connectivity index (χ2v) is 4.97. The number of imidazole rings is 1. The van der Waals surface area contributed by atoms with Crippen molar-refractivity contribution in [3.8, 4) is 0 Å². The van der Waals surface area contributed by atoms with Crippen molar-refractivity contribution in [1.29, 1.82) is 0 Å². The van der Waals surface area contributed by atoms with E-state index in [0.29, 0.717) is 12.0 Å². The molecule has 1 aromatic heterocycles. The Labute approximate surface area is 131 Å². The lowest BCUT2D eigenvalue weighted by atomic mass is 10.1. The number of benzene rings is 1. The number of aryl methyl sites for hydroxylation is 1. The van der Waals surface area contributed by atoms with Gasteiger partial charge in [-0.05, 0) is 11.6 Å². The summed E-state index contributed by atoms with van der Waals surface area (Å²) in [4.78, 5) is 15.8. The third-order valence-corrected chi connectivity index (χ3v) is 3.24. The molecule has 0 aliphatic heterocycles. The highest BCUT2D eigenvalue weighted by atomic mass is 19.4. The van der Waals surface area contributed by atoms with Gasteiger partial charge < -0.3 is 9.88 Å². The van der Waals surface area contributed by atoms with Crippen LogP contribution < -0.4 is 5.32 Å². The number of nitrogens with zero attached hydrogens (tertiary/aromatic N) is 2. The summed E-state index contributed by atoms with van der Waals surface area (Å²) in [6.45, 7) is 0.0978. The molecular formula is C16H16F3N3O. The molecule has 0 fully saturated rings. The zero-order valence-corrected chi connectivity index (χ0v) is 12.5. The lowest BCUT2D eigenvalue weighted by Gasteiger charge is -2.12. The number of carbonyl (C=O) groups is 1. The van der Waals surface area contributed by atoms with Crippen molar-refractivity contribution in [2.75, 3.05) is 6.54 Å². The molecular weight excluding hydrogens is 307 g/mol. The molecule has 1 aromatic carbocycles. The van der Waals surface area contributed by atoms with Gasteiger partial charge >= 0.3 is 6.18 Å². The molecule has 1 N–H and O–H groups in total. The van der Waals surface area contributed by atoms with Gasteiger partial charge in [0.05, 0.1) is 6.33 Å². The molecule has 2 aromatic rings. The van der Waals surface area contributed by atoms with Crippen molar-refractivity contribution in [1.82, 2.24) is 14.9 Å². The van der Waals surface area contributed by atoms with E-state index in [2.05, 4.69) is 10.3 Å². The number of aromatic nitrogens is 2. The van der Waals surface area contributed by atoms with Crippen LogP contribution in [0, 0.1) is 0 Å². The summed E-state index contributed by atoms with van der Waals surface area (Å²) in [6, 6.07) is 7.93. The summed E-state index contributed by atoms with van der Waals surface area (Å²) < 4.78 is 41.0. The molecule has 7 heteroatoms. The van der Waals surface area contributed by atoms with Gasteiger partial charge in [0.15, 0.2) is 0 Å². The van der Waals surface area contributed by atoms with Gasteiger partial charge in [0.2, 0.25) is 0 Å². The van der Waals surface area contributed by atoms with Crippen molar-refractivity contribution >= 4 is 12.0 Å². The number of carbonyl (C=O) groups excluding carboxylic acids is 1. The van der Waals surface area contributed by atoms with E-state index in [9.17, 15) is 18.0 Å². The molecule has 0 spiro atoms. The van der Waals surface area contributed by atoms with E-state index in [4.69, 9.17) is 0 Å². The highest BCUT2D eigenvalue weighted by Crippen LogP contribution is 2.27. The maximum Gasteiger partial charge on any atom is 0.421 e. The molecule has 0 aliphatic carbocycles. The van der Waals surface area contributed by atoms with Crippen LogP contribution in [0.3, 0.4) is 0 Å². The van der Waals surface area contributed by atoms with Gasteiger partial charge in [0, 0.05) is 31.9 Å². The smallest absolute Gasteiger partial charge is 0.352 e. The number of rotatable bonds is 5. The zero-order valence-electron chi connectivity index (χ0n) is 12.5. The number of hydrogen-bond donors (Lipinski definition) is 1. The van der Waals surface area contributed by atoms with E-state index >= 15 is 0 Å². The minimum absolute atomic E-state index is 0.0978. The quantitative estimate of drug-likeness (QED) is 0.860. The van der Waals surface area contributed by atoms with Crippen molar-refractivity contribution in [2.24, 2.45) is 7.05 Å². The first-order chi connectivity index (χ1) is 10.9.